The van der Waals surface area contributed by atoms with Crippen molar-refractivity contribution >= 4 is 5.91 Å². The number of hydrogen-bond acceptors (Lipinski definition) is 4. The zero-order valence-corrected chi connectivity index (χ0v) is 20.2. The summed E-state index contributed by atoms with van der Waals surface area (Å²) in [5.41, 5.74) is 1.36. The molecule has 1 amide bonds. The first-order valence-electron chi connectivity index (χ1n) is 11.9. The fourth-order valence-corrected chi connectivity index (χ4v) is 6.64. The molecule has 3 aliphatic rings. The van der Waals surface area contributed by atoms with Crippen molar-refractivity contribution in [1.82, 2.24) is 5.32 Å². The van der Waals surface area contributed by atoms with E-state index in [1.807, 2.05) is 33.8 Å². The Bertz CT molecular complexity index is 833. The second-order valence-electron chi connectivity index (χ2n) is 11.0. The van der Waals surface area contributed by atoms with Gasteiger partial charge in [-0.25, -0.2) is 0 Å². The van der Waals surface area contributed by atoms with Crippen LogP contribution in [0, 0.1) is 28.6 Å². The highest BCUT2D eigenvalue weighted by Crippen LogP contribution is 2.70. The van der Waals surface area contributed by atoms with Crippen molar-refractivity contribution in [3.63, 3.8) is 0 Å². The van der Waals surface area contributed by atoms with Crippen molar-refractivity contribution in [1.29, 1.82) is 0 Å². The maximum Gasteiger partial charge on any atom is 0.222 e. The van der Waals surface area contributed by atoms with Gasteiger partial charge in [-0.3, -0.25) is 4.79 Å². The standard InChI is InChI=1S/C26H39NO4/c1-15(2)23(28)27-24-25(5,6)18-13-19-22(30-11-10-26(19,24)14-18)17-8-9-20(31-16(3)4)21(12-17)29-7/h8-9,12,15-16,18-19,22,24H,10-11,13-14H2,1-7H3,(H,27,28)/t18-,19-,22-,24+,26?/m1/s1. The number of carbonyl (C=O) groups excluding carboxylic acids is 1. The number of hydrogen-bond donors (Lipinski definition) is 1. The van der Waals surface area contributed by atoms with Crippen LogP contribution in [-0.4, -0.2) is 31.8 Å². The number of nitrogens with one attached hydrogen (secondary N) is 1. The average Bonchev–Trinajstić information content (AvgIpc) is 3.20. The Balaban J connectivity index is 1.66. The number of methoxy groups -OCH3 is 1. The molecule has 2 aliphatic carbocycles. The van der Waals surface area contributed by atoms with Crippen LogP contribution in [-0.2, 0) is 9.53 Å². The summed E-state index contributed by atoms with van der Waals surface area (Å²) in [5, 5.41) is 3.48. The molecule has 5 atom stereocenters. The number of rotatable bonds is 6. The summed E-state index contributed by atoms with van der Waals surface area (Å²) in [6, 6.07) is 6.41. The molecule has 5 nitrogen and oxygen atoms in total. The van der Waals surface area contributed by atoms with E-state index in [0.29, 0.717) is 11.8 Å². The Hall–Kier alpha value is -1.75. The zero-order chi connectivity index (χ0) is 22.6. The maximum absolute atomic E-state index is 12.7. The van der Waals surface area contributed by atoms with Crippen LogP contribution in [0.2, 0.25) is 0 Å². The molecule has 1 aromatic rings. The second-order valence-corrected chi connectivity index (χ2v) is 11.0. The molecule has 1 aromatic carbocycles. The highest BCUT2D eigenvalue weighted by molar-refractivity contribution is 5.78. The van der Waals surface area contributed by atoms with Gasteiger partial charge in [0.2, 0.25) is 5.91 Å². The largest absolute Gasteiger partial charge is 0.493 e. The summed E-state index contributed by atoms with van der Waals surface area (Å²) < 4.78 is 18.0. The lowest BCUT2D eigenvalue weighted by Crippen LogP contribution is -2.59. The second kappa shape index (κ2) is 7.99. The van der Waals surface area contributed by atoms with Crippen molar-refractivity contribution in [2.45, 2.75) is 79.1 Å². The van der Waals surface area contributed by atoms with Gasteiger partial charge in [0.15, 0.2) is 11.5 Å². The molecule has 1 saturated heterocycles. The lowest BCUT2D eigenvalue weighted by atomic mass is 9.58. The molecule has 1 spiro atoms. The summed E-state index contributed by atoms with van der Waals surface area (Å²) in [6.45, 7) is 13.4. The smallest absolute Gasteiger partial charge is 0.222 e. The minimum absolute atomic E-state index is 0.00169. The van der Waals surface area contributed by atoms with Crippen molar-refractivity contribution in [2.24, 2.45) is 28.6 Å². The monoisotopic (exact) mass is 429 g/mol. The maximum atomic E-state index is 12.7. The van der Waals surface area contributed by atoms with Crippen molar-refractivity contribution in [3.8, 4) is 11.5 Å². The summed E-state index contributed by atoms with van der Waals surface area (Å²) >= 11 is 0. The molecule has 2 bridgehead atoms. The van der Waals surface area contributed by atoms with E-state index in [9.17, 15) is 4.79 Å². The molecular formula is C26H39NO4. The number of amides is 1. The Morgan fingerprint density at radius 1 is 1.19 bits per heavy atom. The molecule has 0 radical (unpaired) electrons. The van der Waals surface area contributed by atoms with Crippen LogP contribution in [0.25, 0.3) is 0 Å². The minimum Gasteiger partial charge on any atom is -0.493 e. The van der Waals surface area contributed by atoms with Crippen LogP contribution in [0.5, 0.6) is 11.5 Å². The van der Waals surface area contributed by atoms with Crippen LogP contribution in [0.3, 0.4) is 0 Å². The van der Waals surface area contributed by atoms with E-state index in [1.54, 1.807) is 7.11 Å². The molecule has 3 fully saturated rings. The third kappa shape index (κ3) is 3.63. The van der Waals surface area contributed by atoms with Crippen LogP contribution in [0.4, 0.5) is 0 Å². The van der Waals surface area contributed by atoms with E-state index in [2.05, 4.69) is 31.3 Å². The van der Waals surface area contributed by atoms with E-state index < -0.39 is 0 Å². The number of ether oxygens (including phenoxy) is 3. The topological polar surface area (TPSA) is 56.8 Å². The van der Waals surface area contributed by atoms with E-state index in [-0.39, 0.29) is 40.9 Å². The first kappa shape index (κ1) is 22.4. The van der Waals surface area contributed by atoms with Crippen LogP contribution in [0.15, 0.2) is 18.2 Å². The summed E-state index contributed by atoms with van der Waals surface area (Å²) in [4.78, 5) is 12.7. The van der Waals surface area contributed by atoms with Crippen molar-refractivity contribution < 1.29 is 19.0 Å². The average molecular weight is 430 g/mol. The van der Waals surface area contributed by atoms with Crippen molar-refractivity contribution in [3.05, 3.63) is 23.8 Å². The molecule has 1 unspecified atom stereocenters. The number of fused-ring (bicyclic) bond motifs is 1. The lowest BCUT2D eigenvalue weighted by Gasteiger charge is -2.53. The summed E-state index contributed by atoms with van der Waals surface area (Å²) in [6.07, 6.45) is 3.46. The molecule has 1 aliphatic heterocycles. The normalized spacial score (nSPS) is 33.5. The highest BCUT2D eigenvalue weighted by atomic mass is 16.5. The van der Waals surface area contributed by atoms with Crippen LogP contribution < -0.4 is 14.8 Å². The van der Waals surface area contributed by atoms with E-state index in [4.69, 9.17) is 14.2 Å². The zero-order valence-electron chi connectivity index (χ0n) is 20.2. The first-order chi connectivity index (χ1) is 14.6. The summed E-state index contributed by atoms with van der Waals surface area (Å²) in [5.74, 6) is 2.69. The van der Waals surface area contributed by atoms with Crippen LogP contribution in [0.1, 0.15) is 72.5 Å². The van der Waals surface area contributed by atoms with Gasteiger partial charge in [-0.2, -0.15) is 0 Å². The van der Waals surface area contributed by atoms with Gasteiger partial charge in [-0.05, 0) is 73.5 Å². The van der Waals surface area contributed by atoms with E-state index >= 15 is 0 Å². The summed E-state index contributed by atoms with van der Waals surface area (Å²) in [7, 11) is 1.69. The number of benzene rings is 1. The highest BCUT2D eigenvalue weighted by Gasteiger charge is 2.68. The fourth-order valence-electron chi connectivity index (χ4n) is 6.64. The first-order valence-corrected chi connectivity index (χ1v) is 11.9. The van der Waals surface area contributed by atoms with Crippen LogP contribution >= 0.6 is 0 Å². The SMILES string of the molecule is COc1cc([C@H]2OCCC34C[C@@H](C[C@H]23)C(C)(C)[C@@H]4NC(=O)C(C)C)ccc1OC(C)C. The molecule has 2 saturated carbocycles. The molecule has 5 heteroatoms. The van der Waals surface area contributed by atoms with Gasteiger partial charge in [0.25, 0.3) is 0 Å². The van der Waals surface area contributed by atoms with E-state index in [0.717, 1.165) is 36.5 Å². The predicted molar refractivity (Wildman–Crippen MR) is 121 cm³/mol. The molecule has 1 N–H and O–H groups in total. The van der Waals surface area contributed by atoms with Gasteiger partial charge in [0, 0.05) is 18.6 Å². The van der Waals surface area contributed by atoms with Gasteiger partial charge < -0.3 is 19.5 Å². The Morgan fingerprint density at radius 2 is 1.94 bits per heavy atom. The van der Waals surface area contributed by atoms with Gasteiger partial charge in [-0.1, -0.05) is 33.8 Å². The molecule has 1 heterocycles. The quantitative estimate of drug-likeness (QED) is 0.680. The fraction of sp³-hybridized carbons (Fsp3) is 0.731. The third-order valence-corrected chi connectivity index (χ3v) is 8.19. The Morgan fingerprint density at radius 3 is 2.58 bits per heavy atom. The minimum atomic E-state index is -0.00169. The molecule has 172 valence electrons. The van der Waals surface area contributed by atoms with Gasteiger partial charge in [-0.15, -0.1) is 0 Å². The predicted octanol–water partition coefficient (Wildman–Crippen LogP) is 5.14. The Kier molecular flexibility index (Phi) is 5.78. The van der Waals surface area contributed by atoms with Gasteiger partial charge in [0.05, 0.1) is 19.3 Å². The van der Waals surface area contributed by atoms with Crippen molar-refractivity contribution in [2.75, 3.05) is 13.7 Å². The van der Waals surface area contributed by atoms with Gasteiger partial charge in [0.1, 0.15) is 0 Å². The molecule has 0 aromatic heterocycles. The molecule has 31 heavy (non-hydrogen) atoms. The molecule has 4 rings (SSSR count). The lowest BCUT2D eigenvalue weighted by molar-refractivity contribution is -0.139. The van der Waals surface area contributed by atoms with Gasteiger partial charge >= 0.3 is 0 Å². The Labute approximate surface area is 187 Å². The third-order valence-electron chi connectivity index (χ3n) is 8.19. The number of carbonyl (C=O) groups is 1. The van der Waals surface area contributed by atoms with E-state index in [1.165, 1.54) is 6.42 Å². The molecular weight excluding hydrogens is 390 g/mol.